The van der Waals surface area contributed by atoms with Crippen molar-refractivity contribution in [3.05, 3.63) is 35.4 Å². The molecule has 0 aliphatic heterocycles. The van der Waals surface area contributed by atoms with Gasteiger partial charge in [-0.2, -0.15) is 0 Å². The zero-order chi connectivity index (χ0) is 15.0. The molecule has 0 fully saturated rings. The predicted molar refractivity (Wildman–Crippen MR) is 81.0 cm³/mol. The van der Waals surface area contributed by atoms with E-state index in [1.54, 1.807) is 4.90 Å². The topological polar surface area (TPSA) is 40.5 Å². The molecule has 0 aliphatic carbocycles. The van der Waals surface area contributed by atoms with E-state index in [0.29, 0.717) is 6.54 Å². The molecule has 1 aromatic carbocycles. The minimum Gasteiger partial charge on any atom is -0.384 e. The summed E-state index contributed by atoms with van der Waals surface area (Å²) in [4.78, 5) is 14.0. The zero-order valence-corrected chi connectivity index (χ0v) is 12.5. The molecular formula is C17H23NO2. The molecule has 3 heteroatoms. The molecule has 3 nitrogen and oxygen atoms in total. The number of hydrogen-bond acceptors (Lipinski definition) is 2. The Hall–Kier alpha value is -1.79. The van der Waals surface area contributed by atoms with Crippen LogP contribution < -0.4 is 0 Å². The van der Waals surface area contributed by atoms with Gasteiger partial charge in [0, 0.05) is 25.1 Å². The van der Waals surface area contributed by atoms with Gasteiger partial charge in [-0.25, -0.2) is 0 Å². The lowest BCUT2D eigenvalue weighted by Gasteiger charge is -2.22. The van der Waals surface area contributed by atoms with Crippen molar-refractivity contribution in [2.45, 2.75) is 33.2 Å². The summed E-state index contributed by atoms with van der Waals surface area (Å²) >= 11 is 0. The summed E-state index contributed by atoms with van der Waals surface area (Å²) in [6.45, 7) is 4.48. The number of hydrogen-bond donors (Lipinski definition) is 1. The minimum absolute atomic E-state index is 0.0932. The molecule has 20 heavy (non-hydrogen) atoms. The third-order valence-corrected chi connectivity index (χ3v) is 3.44. The minimum atomic E-state index is -0.156. The van der Waals surface area contributed by atoms with E-state index in [4.69, 9.17) is 5.11 Å². The highest BCUT2D eigenvalue weighted by atomic mass is 16.2. The van der Waals surface area contributed by atoms with Crippen molar-refractivity contribution in [1.29, 1.82) is 0 Å². The van der Waals surface area contributed by atoms with Crippen molar-refractivity contribution in [2.75, 3.05) is 13.7 Å². The highest BCUT2D eigenvalue weighted by Crippen LogP contribution is 2.15. The lowest BCUT2D eigenvalue weighted by molar-refractivity contribution is -0.134. The van der Waals surface area contributed by atoms with E-state index in [0.717, 1.165) is 24.0 Å². The lowest BCUT2D eigenvalue weighted by atomic mass is 10.0. The van der Waals surface area contributed by atoms with Gasteiger partial charge in [-0.1, -0.05) is 43.9 Å². The van der Waals surface area contributed by atoms with Gasteiger partial charge in [-0.05, 0) is 24.5 Å². The second-order valence-electron chi connectivity index (χ2n) is 4.82. The maximum Gasteiger partial charge on any atom is 0.225 e. The van der Waals surface area contributed by atoms with Gasteiger partial charge in [0.1, 0.15) is 6.61 Å². The van der Waals surface area contributed by atoms with Crippen molar-refractivity contribution in [1.82, 2.24) is 4.90 Å². The van der Waals surface area contributed by atoms with Gasteiger partial charge in [-0.3, -0.25) is 4.79 Å². The van der Waals surface area contributed by atoms with Gasteiger partial charge in [0.05, 0.1) is 0 Å². The van der Waals surface area contributed by atoms with Crippen LogP contribution in [0.15, 0.2) is 24.3 Å². The average Bonchev–Trinajstić information content (AvgIpc) is 2.47. The molecule has 1 N–H and O–H groups in total. The standard InChI is InChI=1S/C17H23NO2/c1-4-14(5-2)17(20)18(3)13-16-10-7-6-9-15(16)11-8-12-19/h6-7,9-10,14,19H,4-5,12-13H2,1-3H3. The normalized spacial score (nSPS) is 10.1. The van der Waals surface area contributed by atoms with Crippen LogP contribution >= 0.6 is 0 Å². The van der Waals surface area contributed by atoms with Gasteiger partial charge in [0.15, 0.2) is 0 Å². The third-order valence-electron chi connectivity index (χ3n) is 3.44. The summed E-state index contributed by atoms with van der Waals surface area (Å²) < 4.78 is 0. The summed E-state index contributed by atoms with van der Waals surface area (Å²) in [6.07, 6.45) is 1.73. The first-order chi connectivity index (χ1) is 9.63. The highest BCUT2D eigenvalue weighted by Gasteiger charge is 2.19. The van der Waals surface area contributed by atoms with Crippen LogP contribution in [0.25, 0.3) is 0 Å². The number of benzene rings is 1. The van der Waals surface area contributed by atoms with E-state index in [-0.39, 0.29) is 18.4 Å². The Bertz CT molecular complexity index is 495. The molecule has 0 bridgehead atoms. The number of carbonyl (C=O) groups is 1. The quantitative estimate of drug-likeness (QED) is 0.837. The van der Waals surface area contributed by atoms with E-state index >= 15 is 0 Å². The van der Waals surface area contributed by atoms with E-state index in [1.165, 1.54) is 0 Å². The molecule has 1 aromatic rings. The first kappa shape index (κ1) is 16.3. The van der Waals surface area contributed by atoms with Gasteiger partial charge in [0.25, 0.3) is 0 Å². The second-order valence-corrected chi connectivity index (χ2v) is 4.82. The molecule has 0 unspecified atom stereocenters. The number of nitrogens with zero attached hydrogens (tertiary/aromatic N) is 1. The first-order valence-corrected chi connectivity index (χ1v) is 7.06. The second kappa shape index (κ2) is 8.39. The Labute approximate surface area is 121 Å². The molecule has 0 spiro atoms. The first-order valence-electron chi connectivity index (χ1n) is 7.06. The van der Waals surface area contributed by atoms with Crippen molar-refractivity contribution >= 4 is 5.91 Å². The largest absolute Gasteiger partial charge is 0.384 e. The van der Waals surface area contributed by atoms with Gasteiger partial charge in [0.2, 0.25) is 5.91 Å². The van der Waals surface area contributed by atoms with Gasteiger partial charge in [-0.15, -0.1) is 0 Å². The number of rotatable bonds is 5. The summed E-state index contributed by atoms with van der Waals surface area (Å²) in [5.41, 5.74) is 1.88. The summed E-state index contributed by atoms with van der Waals surface area (Å²) in [6, 6.07) is 7.73. The molecule has 1 amide bonds. The summed E-state index contributed by atoms with van der Waals surface area (Å²) in [5.74, 6) is 5.85. The van der Waals surface area contributed by atoms with Crippen molar-refractivity contribution in [2.24, 2.45) is 5.92 Å². The van der Waals surface area contributed by atoms with Crippen LogP contribution in [0, 0.1) is 17.8 Å². The fourth-order valence-corrected chi connectivity index (χ4v) is 2.20. The Balaban J connectivity index is 2.85. The van der Waals surface area contributed by atoms with Crippen LogP contribution in [0.2, 0.25) is 0 Å². The maximum atomic E-state index is 12.3. The third kappa shape index (κ3) is 4.40. The van der Waals surface area contributed by atoms with Crippen molar-refractivity contribution in [3.63, 3.8) is 0 Å². The monoisotopic (exact) mass is 273 g/mol. The maximum absolute atomic E-state index is 12.3. The molecule has 0 aliphatic rings. The number of carbonyl (C=O) groups excluding carboxylic acids is 1. The number of aliphatic hydroxyl groups excluding tert-OH is 1. The van der Waals surface area contributed by atoms with Gasteiger partial charge >= 0.3 is 0 Å². The Kier molecular flexibility index (Phi) is 6.83. The van der Waals surface area contributed by atoms with E-state index < -0.39 is 0 Å². The van der Waals surface area contributed by atoms with E-state index in [1.807, 2.05) is 45.2 Å². The Morgan fingerprint density at radius 1 is 1.30 bits per heavy atom. The molecule has 0 radical (unpaired) electrons. The SMILES string of the molecule is CCC(CC)C(=O)N(C)Cc1ccccc1C#CCO. The molecule has 1 rings (SSSR count). The molecular weight excluding hydrogens is 250 g/mol. The van der Waals surface area contributed by atoms with Crippen molar-refractivity contribution < 1.29 is 9.90 Å². The highest BCUT2D eigenvalue weighted by molar-refractivity contribution is 5.78. The fraction of sp³-hybridized carbons (Fsp3) is 0.471. The van der Waals surface area contributed by atoms with Crippen LogP contribution in [0.5, 0.6) is 0 Å². The van der Waals surface area contributed by atoms with Crippen LogP contribution in [0.3, 0.4) is 0 Å². The van der Waals surface area contributed by atoms with Crippen LogP contribution in [0.1, 0.15) is 37.8 Å². The Morgan fingerprint density at radius 2 is 1.95 bits per heavy atom. The zero-order valence-electron chi connectivity index (χ0n) is 12.5. The number of aliphatic hydroxyl groups is 1. The van der Waals surface area contributed by atoms with Crippen LogP contribution in [-0.4, -0.2) is 29.6 Å². The average molecular weight is 273 g/mol. The molecule has 0 aromatic heterocycles. The lowest BCUT2D eigenvalue weighted by Crippen LogP contribution is -2.32. The summed E-state index contributed by atoms with van der Waals surface area (Å²) in [7, 11) is 1.83. The van der Waals surface area contributed by atoms with Crippen LogP contribution in [0.4, 0.5) is 0 Å². The van der Waals surface area contributed by atoms with E-state index in [9.17, 15) is 4.79 Å². The molecule has 0 saturated carbocycles. The molecule has 0 heterocycles. The molecule has 0 atom stereocenters. The summed E-state index contributed by atoms with van der Waals surface area (Å²) in [5, 5.41) is 8.79. The Morgan fingerprint density at radius 3 is 2.55 bits per heavy atom. The fourth-order valence-electron chi connectivity index (χ4n) is 2.20. The van der Waals surface area contributed by atoms with Crippen LogP contribution in [-0.2, 0) is 11.3 Å². The molecule has 0 saturated heterocycles. The van der Waals surface area contributed by atoms with Crippen molar-refractivity contribution in [3.8, 4) is 11.8 Å². The number of amides is 1. The smallest absolute Gasteiger partial charge is 0.225 e. The van der Waals surface area contributed by atoms with E-state index in [2.05, 4.69) is 11.8 Å². The molecule has 108 valence electrons. The van der Waals surface area contributed by atoms with Gasteiger partial charge < -0.3 is 10.0 Å². The predicted octanol–water partition coefficient (Wildman–Crippen LogP) is 2.43.